The van der Waals surface area contributed by atoms with Crippen molar-refractivity contribution < 1.29 is 4.74 Å². The first-order chi connectivity index (χ1) is 10.1. The molecule has 1 aromatic heterocycles. The van der Waals surface area contributed by atoms with Gasteiger partial charge in [0.2, 0.25) is 0 Å². The number of nitrogens with two attached hydrogens (primary N) is 1. The van der Waals surface area contributed by atoms with Crippen molar-refractivity contribution >= 4 is 11.6 Å². The van der Waals surface area contributed by atoms with E-state index >= 15 is 0 Å². The lowest BCUT2D eigenvalue weighted by Gasteiger charge is -2.20. The molecule has 1 aromatic rings. The third kappa shape index (κ3) is 4.66. The van der Waals surface area contributed by atoms with E-state index in [-0.39, 0.29) is 6.04 Å². The van der Waals surface area contributed by atoms with Gasteiger partial charge in [0.25, 0.3) is 0 Å². The molecule has 0 spiro atoms. The molecule has 0 aromatic carbocycles. The van der Waals surface area contributed by atoms with Crippen molar-refractivity contribution in [2.24, 2.45) is 5.84 Å². The van der Waals surface area contributed by atoms with Gasteiger partial charge in [0, 0.05) is 13.2 Å². The fourth-order valence-electron chi connectivity index (χ4n) is 2.71. The molecule has 2 unspecified atom stereocenters. The summed E-state index contributed by atoms with van der Waals surface area (Å²) in [5.74, 6) is 5.74. The number of hydrogen-bond donors (Lipinski definition) is 2. The second-order valence-corrected chi connectivity index (χ2v) is 6.24. The van der Waals surface area contributed by atoms with Crippen molar-refractivity contribution in [2.45, 2.75) is 44.4 Å². The van der Waals surface area contributed by atoms with Gasteiger partial charge in [-0.1, -0.05) is 11.6 Å². The van der Waals surface area contributed by atoms with Crippen LogP contribution >= 0.6 is 11.6 Å². The SMILES string of the molecule is CN(C)CCn1ncc(Cl)c1C(CCC1CCCO1)NN. The highest BCUT2D eigenvalue weighted by molar-refractivity contribution is 6.31. The summed E-state index contributed by atoms with van der Waals surface area (Å²) >= 11 is 6.31. The number of ether oxygens (including phenoxy) is 1. The van der Waals surface area contributed by atoms with Crippen LogP contribution in [0.25, 0.3) is 0 Å². The lowest BCUT2D eigenvalue weighted by molar-refractivity contribution is 0.0993. The summed E-state index contributed by atoms with van der Waals surface area (Å²) in [5, 5.41) is 5.04. The third-order valence-corrected chi connectivity index (χ3v) is 4.22. The van der Waals surface area contributed by atoms with Crippen molar-refractivity contribution in [3.05, 3.63) is 16.9 Å². The average molecular weight is 316 g/mol. The lowest BCUT2D eigenvalue weighted by Crippen LogP contribution is -2.32. The molecule has 120 valence electrons. The van der Waals surface area contributed by atoms with Crippen molar-refractivity contribution in [3.8, 4) is 0 Å². The number of halogens is 1. The van der Waals surface area contributed by atoms with E-state index in [0.717, 1.165) is 51.1 Å². The highest BCUT2D eigenvalue weighted by atomic mass is 35.5. The van der Waals surface area contributed by atoms with E-state index in [1.165, 1.54) is 0 Å². The molecule has 2 rings (SSSR count). The Balaban J connectivity index is 2.00. The molecule has 0 bridgehead atoms. The maximum Gasteiger partial charge on any atom is 0.0834 e. The van der Waals surface area contributed by atoms with Gasteiger partial charge >= 0.3 is 0 Å². The van der Waals surface area contributed by atoms with Crippen LogP contribution in [0.3, 0.4) is 0 Å². The summed E-state index contributed by atoms with van der Waals surface area (Å²) in [4.78, 5) is 2.12. The van der Waals surface area contributed by atoms with Gasteiger partial charge in [0.15, 0.2) is 0 Å². The van der Waals surface area contributed by atoms with Gasteiger partial charge < -0.3 is 9.64 Å². The van der Waals surface area contributed by atoms with Crippen LogP contribution in [0.15, 0.2) is 6.20 Å². The summed E-state index contributed by atoms with van der Waals surface area (Å²) in [6.45, 7) is 2.59. The highest BCUT2D eigenvalue weighted by Crippen LogP contribution is 2.28. The molecule has 0 saturated carbocycles. The van der Waals surface area contributed by atoms with E-state index in [9.17, 15) is 0 Å². The van der Waals surface area contributed by atoms with Gasteiger partial charge in [-0.2, -0.15) is 5.10 Å². The van der Waals surface area contributed by atoms with Crippen LogP contribution in [0, 0.1) is 0 Å². The molecule has 2 heterocycles. The summed E-state index contributed by atoms with van der Waals surface area (Å²) in [6, 6.07) is 0.00589. The molecule has 6 nitrogen and oxygen atoms in total. The predicted octanol–water partition coefficient (Wildman–Crippen LogP) is 1.56. The normalized spacial score (nSPS) is 20.3. The Kier molecular flexibility index (Phi) is 6.44. The second kappa shape index (κ2) is 8.10. The summed E-state index contributed by atoms with van der Waals surface area (Å²) < 4.78 is 7.62. The van der Waals surface area contributed by atoms with Gasteiger partial charge in [-0.3, -0.25) is 16.0 Å². The van der Waals surface area contributed by atoms with Crippen molar-refractivity contribution in [1.82, 2.24) is 20.1 Å². The first-order valence-corrected chi connectivity index (χ1v) is 7.93. The molecule has 1 saturated heterocycles. The minimum Gasteiger partial charge on any atom is -0.378 e. The molecule has 1 fully saturated rings. The van der Waals surface area contributed by atoms with Crippen molar-refractivity contribution in [2.75, 3.05) is 27.2 Å². The number of likely N-dealkylation sites (N-methyl/N-ethyl adjacent to an activating group) is 1. The first kappa shape index (κ1) is 16.7. The average Bonchev–Trinajstić information content (AvgIpc) is 3.08. The minimum absolute atomic E-state index is 0.00589. The van der Waals surface area contributed by atoms with Crippen molar-refractivity contribution in [3.63, 3.8) is 0 Å². The van der Waals surface area contributed by atoms with Crippen LogP contribution in [-0.2, 0) is 11.3 Å². The monoisotopic (exact) mass is 315 g/mol. The number of aromatic nitrogens is 2. The van der Waals surface area contributed by atoms with Crippen LogP contribution < -0.4 is 11.3 Å². The summed E-state index contributed by atoms with van der Waals surface area (Å²) in [7, 11) is 4.09. The molecule has 0 aliphatic carbocycles. The van der Waals surface area contributed by atoms with Crippen LogP contribution in [0.1, 0.15) is 37.4 Å². The fourth-order valence-corrected chi connectivity index (χ4v) is 2.99. The fraction of sp³-hybridized carbons (Fsp3) is 0.786. The Bertz CT molecular complexity index is 431. The van der Waals surface area contributed by atoms with E-state index in [4.69, 9.17) is 22.2 Å². The van der Waals surface area contributed by atoms with Crippen molar-refractivity contribution in [1.29, 1.82) is 0 Å². The number of hydrazine groups is 1. The molecule has 21 heavy (non-hydrogen) atoms. The molecular weight excluding hydrogens is 290 g/mol. The van der Waals surface area contributed by atoms with Crippen LogP contribution in [0.5, 0.6) is 0 Å². The Labute approximate surface area is 131 Å². The molecule has 0 radical (unpaired) electrons. The van der Waals surface area contributed by atoms with Crippen LogP contribution in [0.2, 0.25) is 5.02 Å². The maximum absolute atomic E-state index is 6.31. The maximum atomic E-state index is 6.31. The molecule has 1 aliphatic heterocycles. The Morgan fingerprint density at radius 3 is 3.05 bits per heavy atom. The number of rotatable bonds is 8. The minimum atomic E-state index is 0.00589. The van der Waals surface area contributed by atoms with Crippen LogP contribution in [0.4, 0.5) is 0 Å². The van der Waals surface area contributed by atoms with Gasteiger partial charge in [-0.25, -0.2) is 0 Å². The van der Waals surface area contributed by atoms with E-state index < -0.39 is 0 Å². The standard InChI is InChI=1S/C14H26ClN5O/c1-19(2)7-8-20-14(12(15)10-17-20)13(18-16)6-5-11-4-3-9-21-11/h10-11,13,18H,3-9,16H2,1-2H3. The number of nitrogens with one attached hydrogen (secondary N) is 1. The zero-order chi connectivity index (χ0) is 15.2. The lowest BCUT2D eigenvalue weighted by atomic mass is 10.0. The van der Waals surface area contributed by atoms with E-state index in [1.54, 1.807) is 6.20 Å². The quantitative estimate of drug-likeness (QED) is 0.563. The molecule has 0 amide bonds. The number of hydrogen-bond acceptors (Lipinski definition) is 5. The molecule has 3 N–H and O–H groups in total. The summed E-state index contributed by atoms with van der Waals surface area (Å²) in [6.07, 6.45) is 6.25. The summed E-state index contributed by atoms with van der Waals surface area (Å²) in [5.41, 5.74) is 3.85. The Hall–Kier alpha value is -0.660. The topological polar surface area (TPSA) is 68.3 Å². The highest BCUT2D eigenvalue weighted by Gasteiger charge is 2.22. The van der Waals surface area contributed by atoms with Crippen LogP contribution in [-0.4, -0.2) is 48.0 Å². The zero-order valence-electron chi connectivity index (χ0n) is 12.9. The molecule has 1 aliphatic rings. The predicted molar refractivity (Wildman–Crippen MR) is 84.1 cm³/mol. The van der Waals surface area contributed by atoms with Gasteiger partial charge in [-0.05, 0) is 39.8 Å². The van der Waals surface area contributed by atoms with Gasteiger partial charge in [0.1, 0.15) is 0 Å². The zero-order valence-corrected chi connectivity index (χ0v) is 13.6. The largest absolute Gasteiger partial charge is 0.378 e. The van der Waals surface area contributed by atoms with Gasteiger partial charge in [-0.15, -0.1) is 0 Å². The van der Waals surface area contributed by atoms with E-state index in [1.807, 2.05) is 18.8 Å². The smallest absolute Gasteiger partial charge is 0.0834 e. The second-order valence-electron chi connectivity index (χ2n) is 5.84. The third-order valence-electron chi connectivity index (χ3n) is 3.92. The van der Waals surface area contributed by atoms with E-state index in [2.05, 4.69) is 15.4 Å². The number of nitrogens with zero attached hydrogens (tertiary/aromatic N) is 3. The molecular formula is C14H26ClN5O. The first-order valence-electron chi connectivity index (χ1n) is 7.55. The Morgan fingerprint density at radius 1 is 1.62 bits per heavy atom. The molecule has 7 heteroatoms. The Morgan fingerprint density at radius 2 is 2.43 bits per heavy atom. The van der Waals surface area contributed by atoms with Gasteiger partial charge in [0.05, 0.1) is 35.6 Å². The molecule has 2 atom stereocenters. The van der Waals surface area contributed by atoms with E-state index in [0.29, 0.717) is 11.1 Å².